The van der Waals surface area contributed by atoms with Gasteiger partial charge in [-0.2, -0.15) is 0 Å². The fraction of sp³-hybridized carbons (Fsp3) is 0.100. The standard InChI is InChI=1S/C20H18/c1-15-12-13-16(2)20(14-15)19-11-7-6-10-18(19)17-8-4-3-5-9-17/h3-14H,1-2H3. The molecular formula is C20H18. The molecule has 0 saturated heterocycles. The first kappa shape index (κ1) is 12.7. The minimum atomic E-state index is 1.27. The van der Waals surface area contributed by atoms with Crippen molar-refractivity contribution in [2.24, 2.45) is 0 Å². The van der Waals surface area contributed by atoms with Crippen LogP contribution in [0.4, 0.5) is 0 Å². The summed E-state index contributed by atoms with van der Waals surface area (Å²) in [4.78, 5) is 0. The van der Waals surface area contributed by atoms with Gasteiger partial charge in [-0.25, -0.2) is 0 Å². The van der Waals surface area contributed by atoms with Gasteiger partial charge in [0.25, 0.3) is 0 Å². The maximum Gasteiger partial charge on any atom is -0.0103 e. The second-order valence-corrected chi connectivity index (χ2v) is 5.23. The van der Waals surface area contributed by atoms with E-state index in [-0.39, 0.29) is 0 Å². The summed E-state index contributed by atoms with van der Waals surface area (Å²) in [5.74, 6) is 0. The monoisotopic (exact) mass is 258 g/mol. The molecule has 0 bridgehead atoms. The van der Waals surface area contributed by atoms with E-state index in [1.807, 2.05) is 0 Å². The van der Waals surface area contributed by atoms with E-state index in [1.165, 1.54) is 33.4 Å². The zero-order chi connectivity index (χ0) is 13.9. The molecule has 20 heavy (non-hydrogen) atoms. The van der Waals surface area contributed by atoms with Crippen LogP contribution in [0.25, 0.3) is 22.3 Å². The van der Waals surface area contributed by atoms with Gasteiger partial charge in [0, 0.05) is 0 Å². The lowest BCUT2D eigenvalue weighted by molar-refractivity contribution is 1.39. The molecule has 0 heterocycles. The fourth-order valence-electron chi connectivity index (χ4n) is 2.61. The molecule has 0 saturated carbocycles. The molecule has 0 aliphatic heterocycles. The Bertz CT molecular complexity index is 724. The zero-order valence-corrected chi connectivity index (χ0v) is 11.9. The van der Waals surface area contributed by atoms with Crippen LogP contribution in [-0.4, -0.2) is 0 Å². The van der Waals surface area contributed by atoms with Crippen LogP contribution in [0, 0.1) is 13.8 Å². The van der Waals surface area contributed by atoms with Gasteiger partial charge in [0.1, 0.15) is 0 Å². The predicted octanol–water partition coefficient (Wildman–Crippen LogP) is 5.64. The largest absolute Gasteiger partial charge is 0.0622 e. The number of rotatable bonds is 2. The smallest absolute Gasteiger partial charge is 0.0103 e. The molecule has 0 aromatic heterocycles. The third-order valence-electron chi connectivity index (χ3n) is 3.70. The summed E-state index contributed by atoms with van der Waals surface area (Å²) in [6.07, 6.45) is 0. The molecule has 0 amide bonds. The molecule has 0 heteroatoms. The molecule has 0 aliphatic rings. The lowest BCUT2D eigenvalue weighted by atomic mass is 9.91. The molecule has 0 unspecified atom stereocenters. The van der Waals surface area contributed by atoms with E-state index in [0.717, 1.165) is 0 Å². The van der Waals surface area contributed by atoms with Crippen LogP contribution >= 0.6 is 0 Å². The highest BCUT2D eigenvalue weighted by molar-refractivity contribution is 5.84. The molecule has 0 nitrogen and oxygen atoms in total. The van der Waals surface area contributed by atoms with Crippen molar-refractivity contribution in [1.82, 2.24) is 0 Å². The Morgan fingerprint density at radius 3 is 1.95 bits per heavy atom. The molecule has 3 rings (SSSR count). The molecule has 0 atom stereocenters. The van der Waals surface area contributed by atoms with Gasteiger partial charge in [-0.15, -0.1) is 0 Å². The van der Waals surface area contributed by atoms with Crippen LogP contribution in [0.15, 0.2) is 72.8 Å². The van der Waals surface area contributed by atoms with Gasteiger partial charge < -0.3 is 0 Å². The Morgan fingerprint density at radius 1 is 0.550 bits per heavy atom. The second kappa shape index (κ2) is 5.34. The van der Waals surface area contributed by atoms with Crippen LogP contribution in [0.1, 0.15) is 11.1 Å². The van der Waals surface area contributed by atoms with E-state index >= 15 is 0 Å². The Morgan fingerprint density at radius 2 is 1.20 bits per heavy atom. The van der Waals surface area contributed by atoms with E-state index in [4.69, 9.17) is 0 Å². The average Bonchev–Trinajstić information content (AvgIpc) is 2.51. The predicted molar refractivity (Wildman–Crippen MR) is 86.8 cm³/mol. The van der Waals surface area contributed by atoms with E-state index in [9.17, 15) is 0 Å². The van der Waals surface area contributed by atoms with E-state index < -0.39 is 0 Å². The fourth-order valence-corrected chi connectivity index (χ4v) is 2.61. The van der Waals surface area contributed by atoms with Gasteiger partial charge in [0.2, 0.25) is 0 Å². The van der Waals surface area contributed by atoms with Crippen LogP contribution in [-0.2, 0) is 0 Å². The third kappa shape index (κ3) is 2.37. The SMILES string of the molecule is Cc1ccc(C)c(-c2ccccc2-c2ccccc2)c1. The lowest BCUT2D eigenvalue weighted by Gasteiger charge is -2.13. The van der Waals surface area contributed by atoms with Crippen LogP contribution < -0.4 is 0 Å². The van der Waals surface area contributed by atoms with Crippen molar-refractivity contribution in [2.45, 2.75) is 13.8 Å². The number of hydrogen-bond donors (Lipinski definition) is 0. The summed E-state index contributed by atoms with van der Waals surface area (Å²) >= 11 is 0. The summed E-state index contributed by atoms with van der Waals surface area (Å²) in [6, 6.07) is 25.9. The molecule has 0 N–H and O–H groups in total. The van der Waals surface area contributed by atoms with Gasteiger partial charge >= 0.3 is 0 Å². The highest BCUT2D eigenvalue weighted by atomic mass is 14.1. The van der Waals surface area contributed by atoms with E-state index in [1.54, 1.807) is 0 Å². The van der Waals surface area contributed by atoms with Crippen molar-refractivity contribution in [2.75, 3.05) is 0 Å². The second-order valence-electron chi connectivity index (χ2n) is 5.23. The highest BCUT2D eigenvalue weighted by Gasteiger charge is 2.08. The molecule has 0 aliphatic carbocycles. The molecule has 0 spiro atoms. The first-order valence-electron chi connectivity index (χ1n) is 6.98. The highest BCUT2D eigenvalue weighted by Crippen LogP contribution is 2.34. The summed E-state index contributed by atoms with van der Waals surface area (Å²) in [5.41, 5.74) is 7.81. The molecule has 98 valence electrons. The van der Waals surface area contributed by atoms with Crippen molar-refractivity contribution < 1.29 is 0 Å². The Balaban J connectivity index is 2.23. The summed E-state index contributed by atoms with van der Waals surface area (Å²) in [7, 11) is 0. The number of aryl methyl sites for hydroxylation is 2. The van der Waals surface area contributed by atoms with Gasteiger partial charge in [0.05, 0.1) is 0 Å². The number of hydrogen-bond acceptors (Lipinski definition) is 0. The quantitative estimate of drug-likeness (QED) is 0.558. The minimum Gasteiger partial charge on any atom is -0.0622 e. The summed E-state index contributed by atoms with van der Waals surface area (Å²) < 4.78 is 0. The van der Waals surface area contributed by atoms with Gasteiger partial charge in [-0.05, 0) is 41.7 Å². The van der Waals surface area contributed by atoms with Crippen molar-refractivity contribution in [3.63, 3.8) is 0 Å². The van der Waals surface area contributed by atoms with E-state index in [0.29, 0.717) is 0 Å². The van der Waals surface area contributed by atoms with Crippen molar-refractivity contribution in [1.29, 1.82) is 0 Å². The minimum absolute atomic E-state index is 1.27. The first-order chi connectivity index (χ1) is 9.75. The Labute approximate surface area is 120 Å². The lowest BCUT2D eigenvalue weighted by Crippen LogP contribution is -1.88. The average molecular weight is 258 g/mol. The van der Waals surface area contributed by atoms with Gasteiger partial charge in [0.15, 0.2) is 0 Å². The van der Waals surface area contributed by atoms with Crippen LogP contribution in [0.3, 0.4) is 0 Å². The normalized spacial score (nSPS) is 10.5. The Kier molecular flexibility index (Phi) is 3.39. The van der Waals surface area contributed by atoms with Crippen LogP contribution in [0.5, 0.6) is 0 Å². The number of benzene rings is 3. The molecular weight excluding hydrogens is 240 g/mol. The van der Waals surface area contributed by atoms with Crippen molar-refractivity contribution in [3.8, 4) is 22.3 Å². The third-order valence-corrected chi connectivity index (χ3v) is 3.70. The van der Waals surface area contributed by atoms with Crippen LogP contribution in [0.2, 0.25) is 0 Å². The summed E-state index contributed by atoms with van der Waals surface area (Å²) in [6.45, 7) is 4.32. The van der Waals surface area contributed by atoms with E-state index in [2.05, 4.69) is 86.6 Å². The maximum atomic E-state index is 2.27. The molecule has 0 radical (unpaired) electrons. The summed E-state index contributed by atoms with van der Waals surface area (Å²) in [5, 5.41) is 0. The van der Waals surface area contributed by atoms with Crippen molar-refractivity contribution in [3.05, 3.63) is 83.9 Å². The molecule has 0 fully saturated rings. The Hall–Kier alpha value is -2.34. The van der Waals surface area contributed by atoms with Crippen molar-refractivity contribution >= 4 is 0 Å². The molecule has 3 aromatic rings. The topological polar surface area (TPSA) is 0 Å². The zero-order valence-electron chi connectivity index (χ0n) is 11.9. The van der Waals surface area contributed by atoms with Gasteiger partial charge in [-0.3, -0.25) is 0 Å². The molecule has 3 aromatic carbocycles. The van der Waals surface area contributed by atoms with Gasteiger partial charge in [-0.1, -0.05) is 78.4 Å². The first-order valence-corrected chi connectivity index (χ1v) is 6.98. The maximum absolute atomic E-state index is 2.27.